The molecule has 0 amide bonds. The molecule has 2 N–H and O–H groups in total. The SMILES string of the molecule is Oc1ccc(OC(F)(F)F)cc1[C@H](c1ccco1)N1CCNCC1. The van der Waals surface area contributed by atoms with Crippen molar-refractivity contribution < 1.29 is 27.4 Å². The number of alkyl halides is 3. The third-order valence-corrected chi connectivity index (χ3v) is 3.86. The molecule has 0 aliphatic carbocycles. The molecule has 5 nitrogen and oxygen atoms in total. The van der Waals surface area contributed by atoms with Crippen LogP contribution in [0.4, 0.5) is 13.2 Å². The van der Waals surface area contributed by atoms with E-state index < -0.39 is 12.4 Å². The Morgan fingerprint density at radius 1 is 1.21 bits per heavy atom. The highest BCUT2D eigenvalue weighted by Crippen LogP contribution is 2.37. The second kappa shape index (κ2) is 6.74. The van der Waals surface area contributed by atoms with Gasteiger partial charge in [0.25, 0.3) is 0 Å². The summed E-state index contributed by atoms with van der Waals surface area (Å²) in [5.41, 5.74) is 0.314. The number of furan rings is 1. The van der Waals surface area contributed by atoms with Crippen molar-refractivity contribution in [1.29, 1.82) is 0 Å². The van der Waals surface area contributed by atoms with E-state index in [1.807, 2.05) is 4.90 Å². The van der Waals surface area contributed by atoms with E-state index in [9.17, 15) is 18.3 Å². The molecule has 0 saturated carbocycles. The molecule has 0 spiro atoms. The van der Waals surface area contributed by atoms with Crippen molar-refractivity contribution in [2.45, 2.75) is 12.4 Å². The number of nitrogens with zero attached hydrogens (tertiary/aromatic N) is 1. The quantitative estimate of drug-likeness (QED) is 0.895. The summed E-state index contributed by atoms with van der Waals surface area (Å²) < 4.78 is 46.9. The average molecular weight is 342 g/mol. The summed E-state index contributed by atoms with van der Waals surface area (Å²) in [5, 5.41) is 13.4. The standard InChI is InChI=1S/C16H17F3N2O3/c17-16(18,19)24-11-3-4-13(22)12(10-11)15(14-2-1-9-23-14)21-7-5-20-6-8-21/h1-4,9-10,15,20,22H,5-8H2/t15-/m1/s1. The smallest absolute Gasteiger partial charge is 0.508 e. The minimum absolute atomic E-state index is 0.107. The topological polar surface area (TPSA) is 57.9 Å². The van der Waals surface area contributed by atoms with Gasteiger partial charge in [-0.15, -0.1) is 13.2 Å². The lowest BCUT2D eigenvalue weighted by atomic mass is 10.0. The molecule has 1 aromatic carbocycles. The second-order valence-corrected chi connectivity index (χ2v) is 5.47. The van der Waals surface area contributed by atoms with Crippen LogP contribution < -0.4 is 10.1 Å². The molecule has 0 bridgehead atoms. The summed E-state index contributed by atoms with van der Waals surface area (Å²) in [6, 6.07) is 6.45. The molecule has 1 aliphatic rings. The number of benzene rings is 1. The lowest BCUT2D eigenvalue weighted by Crippen LogP contribution is -2.45. The van der Waals surface area contributed by atoms with Crippen molar-refractivity contribution in [3.8, 4) is 11.5 Å². The van der Waals surface area contributed by atoms with Gasteiger partial charge in [0, 0.05) is 31.7 Å². The van der Waals surface area contributed by atoms with Crippen LogP contribution in [0.1, 0.15) is 17.4 Å². The molecule has 0 radical (unpaired) electrons. The molecule has 0 unspecified atom stereocenters. The van der Waals surface area contributed by atoms with Gasteiger partial charge in [0.15, 0.2) is 0 Å². The average Bonchev–Trinajstić information content (AvgIpc) is 3.04. The van der Waals surface area contributed by atoms with Crippen LogP contribution >= 0.6 is 0 Å². The van der Waals surface area contributed by atoms with E-state index >= 15 is 0 Å². The molecular weight excluding hydrogens is 325 g/mol. The highest BCUT2D eigenvalue weighted by molar-refractivity contribution is 5.44. The largest absolute Gasteiger partial charge is 0.573 e. The van der Waals surface area contributed by atoms with E-state index in [-0.39, 0.29) is 11.5 Å². The van der Waals surface area contributed by atoms with Crippen molar-refractivity contribution in [2.24, 2.45) is 0 Å². The van der Waals surface area contributed by atoms with E-state index in [4.69, 9.17) is 4.42 Å². The first-order chi connectivity index (χ1) is 11.4. The number of piperazine rings is 1. The maximum atomic E-state index is 12.5. The maximum Gasteiger partial charge on any atom is 0.573 e. The van der Waals surface area contributed by atoms with E-state index in [0.717, 1.165) is 19.2 Å². The third-order valence-electron chi connectivity index (χ3n) is 3.86. The maximum absolute atomic E-state index is 12.5. The zero-order chi connectivity index (χ0) is 17.2. The number of rotatable bonds is 4. The van der Waals surface area contributed by atoms with Crippen molar-refractivity contribution in [3.63, 3.8) is 0 Å². The fourth-order valence-electron chi connectivity index (χ4n) is 2.87. The summed E-state index contributed by atoms with van der Waals surface area (Å²) in [6.45, 7) is 2.84. The van der Waals surface area contributed by atoms with E-state index in [2.05, 4.69) is 10.1 Å². The highest BCUT2D eigenvalue weighted by Gasteiger charge is 2.33. The van der Waals surface area contributed by atoms with Crippen LogP contribution in [-0.4, -0.2) is 42.5 Å². The van der Waals surface area contributed by atoms with Gasteiger partial charge in [-0.05, 0) is 30.3 Å². The molecule has 130 valence electrons. The second-order valence-electron chi connectivity index (χ2n) is 5.47. The Morgan fingerprint density at radius 2 is 1.96 bits per heavy atom. The van der Waals surface area contributed by atoms with Crippen LogP contribution in [0.3, 0.4) is 0 Å². The van der Waals surface area contributed by atoms with Gasteiger partial charge in [-0.2, -0.15) is 0 Å². The number of nitrogens with one attached hydrogen (secondary N) is 1. The van der Waals surface area contributed by atoms with Crippen molar-refractivity contribution >= 4 is 0 Å². The van der Waals surface area contributed by atoms with Gasteiger partial charge in [0.1, 0.15) is 17.3 Å². The Labute approximate surface area is 136 Å². The summed E-state index contributed by atoms with van der Waals surface area (Å²) in [6.07, 6.45) is -3.29. The predicted molar refractivity (Wildman–Crippen MR) is 79.8 cm³/mol. The zero-order valence-electron chi connectivity index (χ0n) is 12.7. The Balaban J connectivity index is 1.99. The van der Waals surface area contributed by atoms with Gasteiger partial charge in [0.2, 0.25) is 0 Å². The number of phenols is 1. The van der Waals surface area contributed by atoms with Gasteiger partial charge in [-0.3, -0.25) is 4.90 Å². The molecule has 1 atom stereocenters. The van der Waals surface area contributed by atoms with Gasteiger partial charge in [0.05, 0.1) is 12.3 Å². The number of halogens is 3. The minimum Gasteiger partial charge on any atom is -0.508 e. The summed E-state index contributed by atoms with van der Waals surface area (Å²) in [5.74, 6) is 0.0720. The molecule has 1 aromatic heterocycles. The molecule has 1 aliphatic heterocycles. The zero-order valence-corrected chi connectivity index (χ0v) is 12.7. The van der Waals surface area contributed by atoms with Crippen molar-refractivity contribution in [3.05, 3.63) is 47.9 Å². The van der Waals surface area contributed by atoms with Crippen LogP contribution in [0.5, 0.6) is 11.5 Å². The molecule has 1 fully saturated rings. The van der Waals surface area contributed by atoms with Crippen LogP contribution in [0.2, 0.25) is 0 Å². The number of phenolic OH excluding ortho intramolecular Hbond substituents is 1. The molecule has 2 aromatic rings. The molecule has 3 rings (SSSR count). The van der Waals surface area contributed by atoms with E-state index in [1.165, 1.54) is 18.4 Å². The number of ether oxygens (including phenoxy) is 1. The molecule has 24 heavy (non-hydrogen) atoms. The van der Waals surface area contributed by atoms with E-state index in [0.29, 0.717) is 24.4 Å². The molecule has 2 heterocycles. The van der Waals surface area contributed by atoms with Crippen LogP contribution in [-0.2, 0) is 0 Å². The van der Waals surface area contributed by atoms with Gasteiger partial charge >= 0.3 is 6.36 Å². The number of hydrogen-bond acceptors (Lipinski definition) is 5. The predicted octanol–water partition coefficient (Wildman–Crippen LogP) is 2.88. The highest BCUT2D eigenvalue weighted by atomic mass is 19.4. The molecule has 1 saturated heterocycles. The third kappa shape index (κ3) is 3.82. The monoisotopic (exact) mass is 342 g/mol. The Bertz CT molecular complexity index is 668. The number of hydrogen-bond donors (Lipinski definition) is 2. The van der Waals surface area contributed by atoms with E-state index in [1.54, 1.807) is 12.1 Å². The first kappa shape index (κ1) is 16.7. The number of aromatic hydroxyl groups is 1. The Hall–Kier alpha value is -2.19. The lowest BCUT2D eigenvalue weighted by molar-refractivity contribution is -0.274. The Morgan fingerprint density at radius 3 is 2.58 bits per heavy atom. The Kier molecular flexibility index (Phi) is 4.68. The molecular formula is C16H17F3N2O3. The summed E-state index contributed by atoms with van der Waals surface area (Å²) in [7, 11) is 0. The van der Waals surface area contributed by atoms with Crippen molar-refractivity contribution in [1.82, 2.24) is 10.2 Å². The van der Waals surface area contributed by atoms with Gasteiger partial charge in [-0.25, -0.2) is 0 Å². The lowest BCUT2D eigenvalue weighted by Gasteiger charge is -2.34. The normalized spacial score (nSPS) is 17.6. The van der Waals surface area contributed by atoms with Gasteiger partial charge in [-0.1, -0.05) is 0 Å². The van der Waals surface area contributed by atoms with Crippen LogP contribution in [0.25, 0.3) is 0 Å². The minimum atomic E-state index is -4.79. The van der Waals surface area contributed by atoms with Gasteiger partial charge < -0.3 is 19.6 Å². The summed E-state index contributed by atoms with van der Waals surface area (Å²) in [4.78, 5) is 2.04. The fourth-order valence-corrected chi connectivity index (χ4v) is 2.87. The first-order valence-electron chi connectivity index (χ1n) is 7.51. The fraction of sp³-hybridized carbons (Fsp3) is 0.375. The van der Waals surface area contributed by atoms with Crippen molar-refractivity contribution in [2.75, 3.05) is 26.2 Å². The summed E-state index contributed by atoms with van der Waals surface area (Å²) >= 11 is 0. The van der Waals surface area contributed by atoms with Crippen LogP contribution in [0, 0.1) is 0 Å². The molecule has 8 heteroatoms. The first-order valence-corrected chi connectivity index (χ1v) is 7.51. The van der Waals surface area contributed by atoms with Crippen LogP contribution in [0.15, 0.2) is 41.0 Å².